The van der Waals surface area contributed by atoms with Crippen LogP contribution in [0.1, 0.15) is 47.0 Å². The summed E-state index contributed by atoms with van der Waals surface area (Å²) in [6.45, 7) is 7.75. The molecule has 0 aliphatic carbocycles. The number of amides is 1. The van der Waals surface area contributed by atoms with Crippen molar-refractivity contribution in [1.82, 2.24) is 4.90 Å². The number of allylic oxidation sites excluding steroid dienone is 1. The second kappa shape index (κ2) is 7.24. The summed E-state index contributed by atoms with van der Waals surface area (Å²) in [6, 6.07) is -0.809. The van der Waals surface area contributed by atoms with E-state index >= 15 is 0 Å². The van der Waals surface area contributed by atoms with Gasteiger partial charge in [-0.2, -0.15) is 0 Å². The number of carbonyl (C=O) groups is 3. The average Bonchev–Trinajstić information content (AvgIpc) is 2.37. The molecule has 1 rings (SSSR count). The number of rotatable bonds is 3. The summed E-state index contributed by atoms with van der Waals surface area (Å²) in [5.74, 6) is -0.724. The lowest BCUT2D eigenvalue weighted by Crippen LogP contribution is -2.50. The molecule has 0 spiro atoms. The number of hydrogen-bond donors (Lipinski definition) is 0. The standard InChI is InChI=1S/C15H23NO5/c1-5-6-11-7-8-16(14(19)21-15(2,3)4)12(9-11)13(18)20-10-17/h6,10,12H,5,7-9H2,1-4H3. The maximum atomic E-state index is 12.2. The molecule has 1 unspecified atom stereocenters. The molecule has 1 heterocycles. The van der Waals surface area contributed by atoms with E-state index in [4.69, 9.17) is 4.74 Å². The van der Waals surface area contributed by atoms with Crippen molar-refractivity contribution in [2.75, 3.05) is 6.54 Å². The van der Waals surface area contributed by atoms with Gasteiger partial charge in [0.15, 0.2) is 0 Å². The van der Waals surface area contributed by atoms with Crippen molar-refractivity contribution < 1.29 is 23.9 Å². The highest BCUT2D eigenvalue weighted by atomic mass is 16.6. The second-order valence-corrected chi connectivity index (χ2v) is 5.95. The Kier molecular flexibility index (Phi) is 5.93. The first-order valence-corrected chi connectivity index (χ1v) is 7.10. The second-order valence-electron chi connectivity index (χ2n) is 5.95. The van der Waals surface area contributed by atoms with E-state index in [2.05, 4.69) is 4.74 Å². The van der Waals surface area contributed by atoms with Crippen LogP contribution in [0.4, 0.5) is 4.79 Å². The van der Waals surface area contributed by atoms with Gasteiger partial charge in [-0.25, -0.2) is 9.59 Å². The van der Waals surface area contributed by atoms with Gasteiger partial charge in [-0.3, -0.25) is 9.69 Å². The molecule has 21 heavy (non-hydrogen) atoms. The van der Waals surface area contributed by atoms with Gasteiger partial charge >= 0.3 is 18.5 Å². The molecule has 6 heteroatoms. The van der Waals surface area contributed by atoms with Gasteiger partial charge < -0.3 is 9.47 Å². The zero-order chi connectivity index (χ0) is 16.0. The largest absolute Gasteiger partial charge is 0.444 e. The Hall–Kier alpha value is -1.85. The molecular weight excluding hydrogens is 274 g/mol. The topological polar surface area (TPSA) is 72.9 Å². The molecule has 1 fully saturated rings. The Balaban J connectivity index is 2.89. The van der Waals surface area contributed by atoms with E-state index in [-0.39, 0.29) is 6.47 Å². The maximum absolute atomic E-state index is 12.2. The molecule has 1 aliphatic rings. The van der Waals surface area contributed by atoms with Crippen LogP contribution in [-0.2, 0) is 19.1 Å². The number of nitrogens with zero attached hydrogens (tertiary/aromatic N) is 1. The molecule has 0 aromatic heterocycles. The van der Waals surface area contributed by atoms with E-state index in [0.717, 1.165) is 12.0 Å². The van der Waals surface area contributed by atoms with Crippen molar-refractivity contribution in [2.45, 2.75) is 58.6 Å². The number of piperidine rings is 1. The van der Waals surface area contributed by atoms with Crippen molar-refractivity contribution in [3.8, 4) is 0 Å². The highest BCUT2D eigenvalue weighted by Crippen LogP contribution is 2.25. The molecule has 0 aromatic rings. The summed E-state index contributed by atoms with van der Waals surface area (Å²) in [4.78, 5) is 35.8. The predicted molar refractivity (Wildman–Crippen MR) is 76.5 cm³/mol. The van der Waals surface area contributed by atoms with Crippen molar-refractivity contribution in [1.29, 1.82) is 0 Å². The first-order valence-electron chi connectivity index (χ1n) is 7.10. The lowest BCUT2D eigenvalue weighted by molar-refractivity contribution is -0.156. The molecule has 0 N–H and O–H groups in total. The summed E-state index contributed by atoms with van der Waals surface area (Å²) < 4.78 is 9.72. The van der Waals surface area contributed by atoms with E-state index in [9.17, 15) is 14.4 Å². The van der Waals surface area contributed by atoms with E-state index in [1.54, 1.807) is 20.8 Å². The third kappa shape index (κ3) is 5.21. The first-order chi connectivity index (χ1) is 9.78. The van der Waals surface area contributed by atoms with Crippen LogP contribution < -0.4 is 0 Å². The van der Waals surface area contributed by atoms with Gasteiger partial charge in [0.2, 0.25) is 0 Å². The zero-order valence-electron chi connectivity index (χ0n) is 13.0. The fourth-order valence-corrected chi connectivity index (χ4v) is 2.23. The minimum atomic E-state index is -0.809. The molecule has 1 amide bonds. The van der Waals surface area contributed by atoms with Gasteiger partial charge in [0.25, 0.3) is 0 Å². The van der Waals surface area contributed by atoms with Gasteiger partial charge in [0, 0.05) is 6.54 Å². The quantitative estimate of drug-likeness (QED) is 0.346. The first kappa shape index (κ1) is 17.2. The molecule has 0 bridgehead atoms. The molecular formula is C15H23NO5. The molecule has 118 valence electrons. The molecule has 0 saturated carbocycles. The van der Waals surface area contributed by atoms with Gasteiger partial charge in [-0.1, -0.05) is 18.6 Å². The van der Waals surface area contributed by atoms with Crippen molar-refractivity contribution in [3.05, 3.63) is 11.6 Å². The summed E-state index contributed by atoms with van der Waals surface area (Å²) in [5.41, 5.74) is 0.445. The van der Waals surface area contributed by atoms with Crippen molar-refractivity contribution >= 4 is 18.5 Å². The third-order valence-corrected chi connectivity index (χ3v) is 3.06. The Morgan fingerprint density at radius 1 is 1.38 bits per heavy atom. The SMILES string of the molecule is CCC=C1CCN(C(=O)OC(C)(C)C)C(C(=O)OC=O)C1. The highest BCUT2D eigenvalue weighted by Gasteiger charge is 2.37. The van der Waals surface area contributed by atoms with Gasteiger partial charge in [0.1, 0.15) is 11.6 Å². The number of hydrogen-bond acceptors (Lipinski definition) is 5. The van der Waals surface area contributed by atoms with Gasteiger partial charge in [-0.15, -0.1) is 0 Å². The summed E-state index contributed by atoms with van der Waals surface area (Å²) >= 11 is 0. The lowest BCUT2D eigenvalue weighted by Gasteiger charge is -2.36. The predicted octanol–water partition coefficient (Wildman–Crippen LogP) is 2.42. The van der Waals surface area contributed by atoms with Crippen LogP contribution in [-0.4, -0.2) is 41.6 Å². The third-order valence-electron chi connectivity index (χ3n) is 3.06. The van der Waals surface area contributed by atoms with E-state index in [0.29, 0.717) is 19.4 Å². The summed E-state index contributed by atoms with van der Waals surface area (Å²) in [5, 5.41) is 0. The summed E-state index contributed by atoms with van der Waals surface area (Å²) in [6.07, 6.45) is 3.40. The van der Waals surface area contributed by atoms with Crippen LogP contribution in [0.15, 0.2) is 11.6 Å². The Morgan fingerprint density at radius 3 is 2.57 bits per heavy atom. The average molecular weight is 297 g/mol. The molecule has 0 aromatic carbocycles. The smallest absolute Gasteiger partial charge is 0.411 e. The van der Waals surface area contributed by atoms with Crippen LogP contribution >= 0.6 is 0 Å². The molecule has 1 atom stereocenters. The van der Waals surface area contributed by atoms with Gasteiger partial charge in [-0.05, 0) is 40.0 Å². The molecule has 1 saturated heterocycles. The maximum Gasteiger partial charge on any atom is 0.411 e. The Bertz CT molecular complexity index is 436. The number of carbonyl (C=O) groups excluding carboxylic acids is 3. The molecule has 6 nitrogen and oxygen atoms in total. The highest BCUT2D eigenvalue weighted by molar-refractivity contribution is 5.85. The molecule has 1 aliphatic heterocycles. The van der Waals surface area contributed by atoms with E-state index in [1.807, 2.05) is 13.0 Å². The van der Waals surface area contributed by atoms with Crippen LogP contribution in [0.25, 0.3) is 0 Å². The van der Waals surface area contributed by atoms with E-state index in [1.165, 1.54) is 4.90 Å². The fourth-order valence-electron chi connectivity index (χ4n) is 2.23. The lowest BCUT2D eigenvalue weighted by atomic mass is 9.96. The van der Waals surface area contributed by atoms with E-state index < -0.39 is 23.7 Å². The van der Waals surface area contributed by atoms with Crippen LogP contribution in [0.2, 0.25) is 0 Å². The zero-order valence-corrected chi connectivity index (χ0v) is 13.0. The fraction of sp³-hybridized carbons (Fsp3) is 0.667. The molecule has 0 radical (unpaired) electrons. The van der Waals surface area contributed by atoms with Gasteiger partial charge in [0.05, 0.1) is 0 Å². The van der Waals surface area contributed by atoms with Crippen LogP contribution in [0.5, 0.6) is 0 Å². The van der Waals surface area contributed by atoms with Crippen molar-refractivity contribution in [2.24, 2.45) is 0 Å². The normalized spacial score (nSPS) is 21.0. The Morgan fingerprint density at radius 2 is 2.05 bits per heavy atom. The van der Waals surface area contributed by atoms with Crippen LogP contribution in [0, 0.1) is 0 Å². The van der Waals surface area contributed by atoms with Crippen LogP contribution in [0.3, 0.4) is 0 Å². The Labute approximate surface area is 125 Å². The summed E-state index contributed by atoms with van der Waals surface area (Å²) in [7, 11) is 0. The number of likely N-dealkylation sites (tertiary alicyclic amines) is 1. The minimum absolute atomic E-state index is 0.0907. The number of esters is 1. The minimum Gasteiger partial charge on any atom is -0.444 e. The number of ether oxygens (including phenoxy) is 2. The monoisotopic (exact) mass is 297 g/mol. The van der Waals surface area contributed by atoms with Crippen molar-refractivity contribution in [3.63, 3.8) is 0 Å².